The summed E-state index contributed by atoms with van der Waals surface area (Å²) in [6, 6.07) is 10.5. The molecule has 6 heterocycles. The molecule has 0 bridgehead atoms. The first-order chi connectivity index (χ1) is 28.6. The Labute approximate surface area is 347 Å². The normalized spacial score (nSPS) is 25.5. The van der Waals surface area contributed by atoms with Crippen molar-refractivity contribution < 1.29 is 46.6 Å². The number of amides is 1. The topological polar surface area (TPSA) is 189 Å². The van der Waals surface area contributed by atoms with E-state index in [1.54, 1.807) is 48.0 Å². The maximum Gasteiger partial charge on any atom is 0.317 e. The molecule has 0 aliphatic carbocycles. The van der Waals surface area contributed by atoms with Crippen LogP contribution in [0, 0.1) is 0 Å². The van der Waals surface area contributed by atoms with Crippen molar-refractivity contribution in [1.82, 2.24) is 34.1 Å². The van der Waals surface area contributed by atoms with E-state index >= 15 is 8.78 Å². The quantitative estimate of drug-likeness (QED) is 0.0666. The molecule has 2 fully saturated rings. The third kappa shape index (κ3) is 8.59. The third-order valence-corrected chi connectivity index (χ3v) is 16.5. The summed E-state index contributed by atoms with van der Waals surface area (Å²) in [5.41, 5.74) is 2.07. The second kappa shape index (κ2) is 17.9. The van der Waals surface area contributed by atoms with Gasteiger partial charge in [-0.1, -0.05) is 58.0 Å². The number of benzene rings is 1. The van der Waals surface area contributed by atoms with Gasteiger partial charge in [-0.3, -0.25) is 18.8 Å². The van der Waals surface area contributed by atoms with Crippen LogP contribution < -0.4 is 4.90 Å². The number of carbonyl (C=O) groups excluding carboxylic acids is 1. The highest BCUT2D eigenvalue weighted by molar-refractivity contribution is 7.32. The first-order valence-corrected chi connectivity index (χ1v) is 24.1. The number of aromatic nitrogens is 7. The lowest BCUT2D eigenvalue weighted by atomic mass is 10.1. The van der Waals surface area contributed by atoms with Gasteiger partial charge in [0, 0.05) is 23.7 Å². The number of nitrogens with zero attached hydrogens (tertiary/aromatic N) is 8. The molecule has 9 atom stereocenters. The number of ether oxygens (including phenoxy) is 2. The molecular weight excluding hydrogens is 818 g/mol. The predicted molar refractivity (Wildman–Crippen MR) is 222 cm³/mol. The van der Waals surface area contributed by atoms with E-state index in [1.165, 1.54) is 28.4 Å². The average molecular weight is 869 g/mol. The second-order valence-electron chi connectivity index (χ2n) is 16.4. The van der Waals surface area contributed by atoms with Crippen molar-refractivity contribution in [3.05, 3.63) is 85.0 Å². The Morgan fingerprint density at radius 2 is 1.63 bits per heavy atom. The number of alkyl halides is 2. The summed E-state index contributed by atoms with van der Waals surface area (Å²) < 4.78 is 69.8. The van der Waals surface area contributed by atoms with Gasteiger partial charge in [-0.05, 0) is 55.6 Å². The zero-order valence-electron chi connectivity index (χ0n) is 34.3. The summed E-state index contributed by atoms with van der Waals surface area (Å²) in [6.45, 7) is 11.6. The Balaban J connectivity index is 1.10. The van der Waals surface area contributed by atoms with Crippen molar-refractivity contribution in [1.29, 1.82) is 0 Å². The first kappa shape index (κ1) is 43.7. The van der Waals surface area contributed by atoms with Crippen LogP contribution in [0.1, 0.15) is 69.0 Å². The largest absolute Gasteiger partial charge is 0.408 e. The van der Waals surface area contributed by atoms with Gasteiger partial charge in [0.25, 0.3) is 5.91 Å². The van der Waals surface area contributed by atoms with E-state index in [2.05, 4.69) is 45.7 Å². The van der Waals surface area contributed by atoms with Crippen molar-refractivity contribution in [2.45, 2.75) is 114 Å². The monoisotopic (exact) mass is 868 g/mol. The van der Waals surface area contributed by atoms with Crippen LogP contribution in [0.3, 0.4) is 0 Å². The Morgan fingerprint density at radius 3 is 2.33 bits per heavy atom. The fraction of sp³-hybridized carbons (Fsp3) is 0.500. The fourth-order valence-corrected chi connectivity index (χ4v) is 9.23. The number of aryl methyl sites for hydroxylation is 1. The van der Waals surface area contributed by atoms with E-state index < -0.39 is 72.4 Å². The highest BCUT2D eigenvalue weighted by Crippen LogP contribution is 2.43. The van der Waals surface area contributed by atoms with Gasteiger partial charge < -0.3 is 33.0 Å². The van der Waals surface area contributed by atoms with Crippen molar-refractivity contribution in [2.24, 2.45) is 0 Å². The molecule has 2 N–H and O–H groups in total. The molecule has 0 saturated carbocycles. The molecule has 0 spiro atoms. The van der Waals surface area contributed by atoms with E-state index in [-0.39, 0.29) is 34.5 Å². The van der Waals surface area contributed by atoms with Gasteiger partial charge in [-0.15, -0.1) is 0 Å². The fourth-order valence-electron chi connectivity index (χ4n) is 7.40. The Kier molecular flexibility index (Phi) is 13.1. The molecule has 16 nitrogen and oxygen atoms in total. The van der Waals surface area contributed by atoms with Gasteiger partial charge in [0.1, 0.15) is 36.6 Å². The molecule has 5 aromatic rings. The molecule has 7 rings (SSSR count). The molecule has 2 aliphatic rings. The summed E-state index contributed by atoms with van der Waals surface area (Å²) in [7, 11) is -5.83. The van der Waals surface area contributed by atoms with Crippen LogP contribution in [0.2, 0.25) is 18.1 Å². The van der Waals surface area contributed by atoms with Gasteiger partial charge in [0.2, 0.25) is 0 Å². The number of hydrogen-bond acceptors (Lipinski definition) is 12. The molecule has 0 radical (unpaired) electrons. The van der Waals surface area contributed by atoms with Crippen molar-refractivity contribution in [2.75, 3.05) is 18.1 Å². The standard InChI is InChI=1S/C40H51F2N8O8PSi/c1-7-27-32(57-59(53)54)29(41)38(55-27)49-19-17-25-26(43-21-44-34(25)49)16-12-9-13-18-48(37(52)24-14-10-8-11-15-24)35-31-36(46-22-45-35)50(23-47-31)39-30(42)33(28(20-51)56-39)58-60(5,6)40(2,3)4/h8-11,13-15,17,19,21-23,27-30,32-33,38-39,51,59H,7,12,16,18,20H2,1-6H3,(H,53,54)/b13-9+/t27-,28-,29-,30-,32-,33-,38-,39-/m1/s1. The summed E-state index contributed by atoms with van der Waals surface area (Å²) in [5, 5.41) is 10.7. The van der Waals surface area contributed by atoms with Gasteiger partial charge >= 0.3 is 8.25 Å². The maximum atomic E-state index is 16.4. The van der Waals surface area contributed by atoms with Crippen LogP contribution >= 0.6 is 8.25 Å². The number of allylic oxidation sites excluding steroid dienone is 1. The summed E-state index contributed by atoms with van der Waals surface area (Å²) in [6.07, 6.45) is 1.40. The van der Waals surface area contributed by atoms with Crippen molar-refractivity contribution in [3.8, 4) is 0 Å². The highest BCUT2D eigenvalue weighted by atomic mass is 31.1. The predicted octanol–water partition coefficient (Wildman–Crippen LogP) is 6.44. The van der Waals surface area contributed by atoms with Crippen LogP contribution in [0.25, 0.3) is 22.2 Å². The van der Waals surface area contributed by atoms with E-state index in [0.717, 1.165) is 0 Å². The van der Waals surface area contributed by atoms with Crippen LogP contribution in [0.15, 0.2) is 73.7 Å². The molecule has 322 valence electrons. The van der Waals surface area contributed by atoms with E-state index in [0.29, 0.717) is 41.6 Å². The molecule has 1 aromatic carbocycles. The number of fused-ring (bicyclic) bond motifs is 2. The number of carbonyl (C=O) groups is 1. The smallest absolute Gasteiger partial charge is 0.317 e. The maximum absolute atomic E-state index is 16.4. The highest BCUT2D eigenvalue weighted by Gasteiger charge is 2.52. The zero-order valence-corrected chi connectivity index (χ0v) is 36.3. The number of aliphatic hydroxyl groups excluding tert-OH is 1. The number of aliphatic hydroxyl groups is 1. The molecule has 2 saturated heterocycles. The molecule has 2 aliphatic heterocycles. The van der Waals surface area contributed by atoms with Crippen LogP contribution in [-0.4, -0.2) is 108 Å². The lowest BCUT2D eigenvalue weighted by Gasteiger charge is -2.39. The molecule has 4 aromatic heterocycles. The van der Waals surface area contributed by atoms with E-state index in [1.807, 2.05) is 31.3 Å². The molecule has 1 unspecified atom stereocenters. The number of hydrogen-bond donors (Lipinski definition) is 2. The van der Waals surface area contributed by atoms with Crippen LogP contribution in [0.5, 0.6) is 0 Å². The minimum atomic E-state index is -3.38. The Morgan fingerprint density at radius 1 is 0.950 bits per heavy atom. The van der Waals surface area contributed by atoms with Crippen molar-refractivity contribution >= 4 is 50.5 Å². The minimum absolute atomic E-state index is 0.0990. The van der Waals surface area contributed by atoms with E-state index in [4.69, 9.17) is 18.4 Å². The molecule has 60 heavy (non-hydrogen) atoms. The van der Waals surface area contributed by atoms with Crippen molar-refractivity contribution in [3.63, 3.8) is 0 Å². The summed E-state index contributed by atoms with van der Waals surface area (Å²) in [4.78, 5) is 47.2. The van der Waals surface area contributed by atoms with Crippen LogP contribution in [0.4, 0.5) is 14.6 Å². The van der Waals surface area contributed by atoms with Gasteiger partial charge in [-0.25, -0.2) is 33.7 Å². The third-order valence-electron chi connectivity index (χ3n) is 11.6. The number of rotatable bonds is 15. The summed E-state index contributed by atoms with van der Waals surface area (Å²) >= 11 is 0. The molecule has 1 amide bonds. The minimum Gasteiger partial charge on any atom is -0.408 e. The van der Waals surface area contributed by atoms with E-state index in [9.17, 15) is 19.4 Å². The van der Waals surface area contributed by atoms with Crippen LogP contribution in [-0.2, 0) is 29.4 Å². The zero-order chi connectivity index (χ0) is 42.9. The summed E-state index contributed by atoms with van der Waals surface area (Å²) in [5.74, 6) is -0.135. The number of imidazole rings is 1. The SMILES string of the molecule is CC[C@H]1O[C@@H](n2ccc3c(CC/C=C/CN(C(=O)c4ccccc4)c4ncnc5c4ncn5[C@@H]4O[C@H](CO)[C@@H](O[Si](C)(C)C(C)(C)C)[C@H]4F)ncnc32)[C@H](F)[C@@H]1O[PH](=O)O. The lowest BCUT2D eigenvalue weighted by molar-refractivity contribution is -0.0445. The Hall–Kier alpha value is -4.33. The molecule has 20 heteroatoms. The first-order valence-electron chi connectivity index (χ1n) is 19.9. The van der Waals surface area contributed by atoms with Gasteiger partial charge in [0.05, 0.1) is 24.7 Å². The number of anilines is 1. The number of halogens is 2. The van der Waals surface area contributed by atoms with Gasteiger partial charge in [0.15, 0.2) is 50.1 Å². The Bertz CT molecular complexity index is 2350. The lowest BCUT2D eigenvalue weighted by Crippen LogP contribution is -2.49. The second-order valence-corrected chi connectivity index (χ2v) is 21.9. The average Bonchev–Trinajstić information content (AvgIpc) is 3.99. The van der Waals surface area contributed by atoms with Gasteiger partial charge in [-0.2, -0.15) is 0 Å². The molecular formula is C40H51F2N8O8PSi.